The number of nitrogens with one attached hydrogen (secondary N) is 1. The van der Waals surface area contributed by atoms with Crippen molar-refractivity contribution in [2.24, 2.45) is 0 Å². The maximum absolute atomic E-state index is 11.4. The van der Waals surface area contributed by atoms with Gasteiger partial charge in [-0.25, -0.2) is 13.2 Å². The predicted octanol–water partition coefficient (Wildman–Crippen LogP) is 1.16. The first-order valence-corrected chi connectivity index (χ1v) is 10.2. The van der Waals surface area contributed by atoms with Crippen molar-refractivity contribution in [3.05, 3.63) is 60.2 Å². The Kier molecular flexibility index (Phi) is 8.75. The highest BCUT2D eigenvalue weighted by molar-refractivity contribution is 7.90. The zero-order valence-electron chi connectivity index (χ0n) is 14.3. The van der Waals surface area contributed by atoms with E-state index in [0.29, 0.717) is 4.90 Å². The fourth-order valence-corrected chi connectivity index (χ4v) is 2.47. The van der Waals surface area contributed by atoms with Crippen LogP contribution in [0.15, 0.2) is 59.5 Å². The summed E-state index contributed by atoms with van der Waals surface area (Å²) < 4.78 is 46.7. The lowest BCUT2D eigenvalue weighted by atomic mass is 10.2. The molecule has 0 aliphatic rings. The molecule has 1 atom stereocenters. The summed E-state index contributed by atoms with van der Waals surface area (Å²) >= 11 is -2.73. The lowest BCUT2D eigenvalue weighted by Gasteiger charge is -2.09. The Balaban J connectivity index is 0.000000309. The van der Waals surface area contributed by atoms with Crippen molar-refractivity contribution in [2.45, 2.75) is 11.8 Å². The van der Waals surface area contributed by atoms with Crippen LogP contribution < -0.4 is 9.62 Å². The Morgan fingerprint density at radius 2 is 1.59 bits per heavy atom. The van der Waals surface area contributed by atoms with Crippen LogP contribution in [0.4, 0.5) is 0 Å². The van der Waals surface area contributed by atoms with Gasteiger partial charge in [0.05, 0.1) is 16.2 Å². The van der Waals surface area contributed by atoms with E-state index in [1.54, 1.807) is 36.4 Å². The van der Waals surface area contributed by atoms with E-state index >= 15 is 0 Å². The molecule has 0 saturated heterocycles. The van der Waals surface area contributed by atoms with Gasteiger partial charge in [0.2, 0.25) is 0 Å². The highest BCUT2D eigenvalue weighted by atomic mass is 32.2. The smallest absolute Gasteiger partial charge is 0.361 e. The summed E-state index contributed by atoms with van der Waals surface area (Å²) in [5.41, 5.74) is -0.0688. The van der Waals surface area contributed by atoms with Gasteiger partial charge in [-0.05, 0) is 24.3 Å². The molecule has 2 aromatic carbocycles. The summed E-state index contributed by atoms with van der Waals surface area (Å²) in [4.78, 5) is 28.2. The Labute approximate surface area is 158 Å². The second-order valence-corrected chi connectivity index (χ2v) is 7.53. The molecule has 0 radical (unpaired) electrons. The minimum absolute atomic E-state index is 0.0107. The number of rotatable bonds is 5. The molecular formula is C16H16NO8S2-. The van der Waals surface area contributed by atoms with E-state index in [-0.39, 0.29) is 11.3 Å². The Bertz CT molecular complexity index is 913. The van der Waals surface area contributed by atoms with Gasteiger partial charge in [0.25, 0.3) is 0 Å². The first-order valence-electron chi connectivity index (χ1n) is 7.20. The van der Waals surface area contributed by atoms with Crippen LogP contribution in [0.5, 0.6) is 5.75 Å². The number of hydrogen-bond acceptors (Lipinski definition) is 8. The van der Waals surface area contributed by atoms with E-state index in [1.165, 1.54) is 36.3 Å². The minimum atomic E-state index is -3.00. The molecule has 9 nitrogen and oxygen atoms in total. The fourth-order valence-electron chi connectivity index (χ4n) is 1.67. The number of hydrogen-bond donors (Lipinski definition) is 1. The summed E-state index contributed by atoms with van der Waals surface area (Å²) in [5.74, 6) is -1.60. The van der Waals surface area contributed by atoms with Crippen LogP contribution in [0.3, 0.4) is 0 Å². The Morgan fingerprint density at radius 3 is 2.07 bits per heavy atom. The average Bonchev–Trinajstić information content (AvgIpc) is 2.60. The molecule has 1 N–H and O–H groups in total. The predicted molar refractivity (Wildman–Crippen MR) is 94.8 cm³/mol. The van der Waals surface area contributed by atoms with Crippen molar-refractivity contribution in [1.82, 2.24) is 4.89 Å². The second-order valence-electron chi connectivity index (χ2n) is 4.88. The Morgan fingerprint density at radius 1 is 1.04 bits per heavy atom. The molecule has 0 aromatic heterocycles. The summed E-state index contributed by atoms with van der Waals surface area (Å²) in [6.45, 7) is 1.17. The van der Waals surface area contributed by atoms with Crippen LogP contribution in [0.1, 0.15) is 17.3 Å². The standard InChI is InChI=1S/C9H9NO6S.C7H8O2S/c1-6(11)15-8-5-3-2-4-7(8)9(12)16-10-17(13)14;1-10(8,9)7-5-3-2-4-6-7/h2-5,10H,1H3,(H,13,14);2-6H,1H3/p-1. The highest BCUT2D eigenvalue weighted by Gasteiger charge is 2.15. The van der Waals surface area contributed by atoms with Gasteiger partial charge in [-0.1, -0.05) is 35.2 Å². The molecule has 0 heterocycles. The van der Waals surface area contributed by atoms with Gasteiger partial charge in [-0.2, -0.15) is 0 Å². The lowest BCUT2D eigenvalue weighted by molar-refractivity contribution is -0.131. The van der Waals surface area contributed by atoms with Crippen LogP contribution in [-0.2, 0) is 30.7 Å². The quantitative estimate of drug-likeness (QED) is 0.333. The van der Waals surface area contributed by atoms with Crippen LogP contribution in [0, 0.1) is 0 Å². The van der Waals surface area contributed by atoms with E-state index in [9.17, 15) is 26.8 Å². The van der Waals surface area contributed by atoms with E-state index in [1.807, 2.05) is 0 Å². The maximum Gasteiger partial charge on any atom is 0.361 e. The monoisotopic (exact) mass is 414 g/mol. The van der Waals surface area contributed by atoms with Gasteiger partial charge in [0.15, 0.2) is 9.84 Å². The van der Waals surface area contributed by atoms with Crippen molar-refractivity contribution in [3.63, 3.8) is 0 Å². The van der Waals surface area contributed by atoms with Crippen molar-refractivity contribution in [3.8, 4) is 5.75 Å². The molecular weight excluding hydrogens is 398 g/mol. The average molecular weight is 414 g/mol. The SMILES string of the molecule is CC(=O)Oc1ccccc1C(=O)ONS(=O)[O-].CS(=O)(=O)c1ccccc1. The topological polar surface area (TPSA) is 139 Å². The second kappa shape index (κ2) is 10.5. The molecule has 0 aliphatic carbocycles. The van der Waals surface area contributed by atoms with Gasteiger partial charge in [0.1, 0.15) is 11.3 Å². The molecule has 146 valence electrons. The third-order valence-electron chi connectivity index (χ3n) is 2.73. The largest absolute Gasteiger partial charge is 0.758 e. The zero-order chi connectivity index (χ0) is 20.4. The molecule has 2 aromatic rings. The molecule has 0 bridgehead atoms. The minimum Gasteiger partial charge on any atom is -0.758 e. The van der Waals surface area contributed by atoms with Crippen LogP contribution in [-0.4, -0.2) is 35.4 Å². The molecule has 1 unspecified atom stereocenters. The molecule has 11 heteroatoms. The third-order valence-corrected chi connectivity index (χ3v) is 4.08. The number of carbonyl (C=O) groups is 2. The Hall–Kier alpha value is -2.60. The van der Waals surface area contributed by atoms with Gasteiger partial charge >= 0.3 is 11.9 Å². The number of para-hydroxylation sites is 1. The van der Waals surface area contributed by atoms with Crippen LogP contribution in [0.2, 0.25) is 0 Å². The summed E-state index contributed by atoms with van der Waals surface area (Å²) in [7, 11) is -3.00. The first kappa shape index (κ1) is 22.4. The van der Waals surface area contributed by atoms with E-state index in [0.717, 1.165) is 0 Å². The normalized spacial score (nSPS) is 11.5. The lowest BCUT2D eigenvalue weighted by Crippen LogP contribution is -2.22. The number of esters is 1. The van der Waals surface area contributed by atoms with E-state index < -0.39 is 33.0 Å². The molecule has 0 aliphatic heterocycles. The van der Waals surface area contributed by atoms with Crippen molar-refractivity contribution in [2.75, 3.05) is 6.26 Å². The summed E-state index contributed by atoms with van der Waals surface area (Å²) in [6.07, 6.45) is 1.20. The molecule has 0 saturated carbocycles. The number of benzene rings is 2. The van der Waals surface area contributed by atoms with Crippen molar-refractivity contribution >= 4 is 33.0 Å². The third kappa shape index (κ3) is 8.55. The zero-order valence-corrected chi connectivity index (χ0v) is 15.9. The van der Waals surface area contributed by atoms with Crippen molar-refractivity contribution in [1.29, 1.82) is 0 Å². The van der Waals surface area contributed by atoms with Crippen LogP contribution >= 0.6 is 0 Å². The van der Waals surface area contributed by atoms with E-state index in [2.05, 4.69) is 4.84 Å². The first-order chi connectivity index (χ1) is 12.6. The van der Waals surface area contributed by atoms with Gasteiger partial charge in [0, 0.05) is 13.2 Å². The summed E-state index contributed by atoms with van der Waals surface area (Å²) in [5, 5.41) is 0. The van der Waals surface area contributed by atoms with Gasteiger partial charge in [-0.15, -0.1) is 0 Å². The molecule has 0 fully saturated rings. The van der Waals surface area contributed by atoms with E-state index in [4.69, 9.17) is 4.74 Å². The molecule has 2 rings (SSSR count). The molecule has 0 spiro atoms. The number of sulfone groups is 1. The highest BCUT2D eigenvalue weighted by Crippen LogP contribution is 2.18. The molecule has 27 heavy (non-hydrogen) atoms. The van der Waals surface area contributed by atoms with Crippen LogP contribution in [0.25, 0.3) is 0 Å². The van der Waals surface area contributed by atoms with Crippen molar-refractivity contribution < 1.29 is 36.3 Å². The summed E-state index contributed by atoms with van der Waals surface area (Å²) in [6, 6.07) is 14.1. The molecule has 0 amide bonds. The maximum atomic E-state index is 11.4. The van der Waals surface area contributed by atoms with Gasteiger partial charge in [-0.3, -0.25) is 9.00 Å². The number of carbonyl (C=O) groups excluding carboxylic acids is 2. The number of ether oxygens (including phenoxy) is 1. The fraction of sp³-hybridized carbons (Fsp3) is 0.125. The van der Waals surface area contributed by atoms with Gasteiger partial charge < -0.3 is 14.1 Å².